The number of phosphoric ester groups is 1. The summed E-state index contributed by atoms with van der Waals surface area (Å²) in [6.07, 6.45) is 51.9. The molecule has 2 atom stereocenters. The number of unbranched alkanes of at least 4 members (excludes halogenated alkanes) is 35. The predicted molar refractivity (Wildman–Crippen MR) is 254 cm³/mol. The van der Waals surface area contributed by atoms with Crippen molar-refractivity contribution in [3.8, 4) is 0 Å². The number of quaternary nitrogens is 1. The first-order chi connectivity index (χ1) is 29.1. The number of likely N-dealkylation sites (N-methyl/N-ethyl adjacent to an activating group) is 1. The van der Waals surface area contributed by atoms with E-state index in [1.165, 1.54) is 205 Å². The number of hydrogen-bond donors (Lipinski definition) is 0. The van der Waals surface area contributed by atoms with Crippen LogP contribution in [-0.4, -0.2) is 64.1 Å². The molecular formula is C51H102NO7P. The molecule has 0 aromatic carbocycles. The van der Waals surface area contributed by atoms with Crippen molar-refractivity contribution in [2.24, 2.45) is 0 Å². The van der Waals surface area contributed by atoms with E-state index in [1.807, 2.05) is 27.2 Å². The third kappa shape index (κ3) is 48.1. The predicted octanol–water partition coefficient (Wildman–Crippen LogP) is 15.5. The molecule has 8 nitrogen and oxygen atoms in total. The fourth-order valence-electron chi connectivity index (χ4n) is 7.63. The molecule has 0 heterocycles. The van der Waals surface area contributed by atoms with Gasteiger partial charge in [-0.2, -0.15) is 0 Å². The smallest absolute Gasteiger partial charge is 0.306 e. The van der Waals surface area contributed by atoms with E-state index in [4.69, 9.17) is 18.5 Å². The van der Waals surface area contributed by atoms with Crippen LogP contribution in [0.15, 0.2) is 12.3 Å². The minimum atomic E-state index is -4.54. The van der Waals surface area contributed by atoms with Gasteiger partial charge in [0, 0.05) is 6.42 Å². The number of allylic oxidation sites excluding steroid dienone is 1. The molecule has 9 heteroatoms. The molecule has 60 heavy (non-hydrogen) atoms. The van der Waals surface area contributed by atoms with Crippen LogP contribution in [0.1, 0.15) is 258 Å². The number of hydrogen-bond acceptors (Lipinski definition) is 7. The Balaban J connectivity index is 4.11. The SMILES string of the molecule is CCCCCCCCCCCCCCCC/C=C/OC[C@H](COP(=O)([O-])OCC[N+](C)(C)C)OC(=O)CCCCCCCCCCCCCCCCCCCCCCCC. The van der Waals surface area contributed by atoms with Crippen molar-refractivity contribution in [3.63, 3.8) is 0 Å². The Morgan fingerprint density at radius 2 is 0.867 bits per heavy atom. The second-order valence-electron chi connectivity index (χ2n) is 19.0. The highest BCUT2D eigenvalue weighted by atomic mass is 31.2. The van der Waals surface area contributed by atoms with Crippen molar-refractivity contribution in [1.82, 2.24) is 0 Å². The number of nitrogens with zero attached hydrogens (tertiary/aromatic N) is 1. The zero-order chi connectivity index (χ0) is 44.1. The number of phosphoric acid groups is 1. The van der Waals surface area contributed by atoms with Crippen LogP contribution in [0, 0.1) is 0 Å². The number of carbonyl (C=O) groups is 1. The van der Waals surface area contributed by atoms with Crippen LogP contribution in [0.3, 0.4) is 0 Å². The molecule has 0 rings (SSSR count). The van der Waals surface area contributed by atoms with Crippen LogP contribution in [0.2, 0.25) is 0 Å². The molecule has 1 unspecified atom stereocenters. The Kier molecular flexibility index (Phi) is 44.0. The number of carbonyl (C=O) groups excluding carboxylic acids is 1. The molecule has 0 aliphatic rings. The van der Waals surface area contributed by atoms with Gasteiger partial charge in [0.2, 0.25) is 0 Å². The molecular weight excluding hydrogens is 770 g/mol. The zero-order valence-corrected chi connectivity index (χ0v) is 41.6. The summed E-state index contributed by atoms with van der Waals surface area (Å²) in [7, 11) is 1.34. The van der Waals surface area contributed by atoms with Gasteiger partial charge in [0.05, 0.1) is 34.0 Å². The van der Waals surface area contributed by atoms with E-state index in [0.717, 1.165) is 32.1 Å². The Morgan fingerprint density at radius 1 is 0.517 bits per heavy atom. The van der Waals surface area contributed by atoms with Crippen molar-refractivity contribution in [1.29, 1.82) is 0 Å². The van der Waals surface area contributed by atoms with Gasteiger partial charge in [-0.25, -0.2) is 0 Å². The normalized spacial score (nSPS) is 13.6. The van der Waals surface area contributed by atoms with E-state index in [0.29, 0.717) is 17.4 Å². The molecule has 0 aliphatic carbocycles. The molecule has 358 valence electrons. The largest absolute Gasteiger partial charge is 0.756 e. The first-order valence-electron chi connectivity index (χ1n) is 26.0. The van der Waals surface area contributed by atoms with Gasteiger partial charge in [-0.1, -0.05) is 232 Å². The Hall–Kier alpha value is -0.920. The number of rotatable bonds is 49. The maximum atomic E-state index is 12.7. The van der Waals surface area contributed by atoms with Gasteiger partial charge in [-0.3, -0.25) is 9.36 Å². The van der Waals surface area contributed by atoms with Crippen LogP contribution in [0.5, 0.6) is 0 Å². The molecule has 0 aliphatic heterocycles. The minimum Gasteiger partial charge on any atom is -0.756 e. The van der Waals surface area contributed by atoms with Crippen LogP contribution >= 0.6 is 7.82 Å². The lowest BCUT2D eigenvalue weighted by atomic mass is 10.0. The quantitative estimate of drug-likeness (QED) is 0.0198. The second-order valence-corrected chi connectivity index (χ2v) is 20.4. The van der Waals surface area contributed by atoms with E-state index in [-0.39, 0.29) is 25.8 Å². The average Bonchev–Trinajstić information content (AvgIpc) is 3.20. The summed E-state index contributed by atoms with van der Waals surface area (Å²) in [5.74, 6) is -0.349. The average molecular weight is 872 g/mol. The molecule has 0 fully saturated rings. The molecule has 0 bridgehead atoms. The monoisotopic (exact) mass is 872 g/mol. The molecule has 0 N–H and O–H groups in total. The van der Waals surface area contributed by atoms with Gasteiger partial charge < -0.3 is 27.9 Å². The minimum absolute atomic E-state index is 0.0206. The topological polar surface area (TPSA) is 94.1 Å². The first kappa shape index (κ1) is 59.1. The standard InChI is InChI=1S/C51H102NO7P/c1-6-8-10-12-14-16-18-20-22-24-25-26-27-28-29-30-32-34-36-38-40-42-44-51(53)59-50(49-58-60(54,55)57-47-45-52(3,4)5)48-56-46-43-41-39-37-35-33-31-23-21-19-17-15-13-11-9-7-2/h43,46,50H,6-42,44-45,47-49H2,1-5H3/b46-43+/t50-/m1/s1. The third-order valence-corrected chi connectivity index (χ3v) is 12.6. The van der Waals surface area contributed by atoms with Gasteiger partial charge in [0.25, 0.3) is 7.82 Å². The fourth-order valence-corrected chi connectivity index (χ4v) is 8.36. The molecule has 0 aromatic rings. The van der Waals surface area contributed by atoms with E-state index >= 15 is 0 Å². The van der Waals surface area contributed by atoms with E-state index in [1.54, 1.807) is 6.26 Å². The lowest BCUT2D eigenvalue weighted by molar-refractivity contribution is -0.870. The molecule has 0 saturated heterocycles. The van der Waals surface area contributed by atoms with Gasteiger partial charge in [0.1, 0.15) is 19.8 Å². The molecule has 0 amide bonds. The molecule has 0 spiro atoms. The Morgan fingerprint density at radius 3 is 1.23 bits per heavy atom. The maximum Gasteiger partial charge on any atom is 0.306 e. The summed E-state index contributed by atoms with van der Waals surface area (Å²) in [6, 6.07) is 0. The summed E-state index contributed by atoms with van der Waals surface area (Å²) < 4.78 is 34.5. The maximum absolute atomic E-state index is 12.7. The number of esters is 1. The lowest BCUT2D eigenvalue weighted by Gasteiger charge is -2.28. The highest BCUT2D eigenvalue weighted by Crippen LogP contribution is 2.38. The van der Waals surface area contributed by atoms with Gasteiger partial charge >= 0.3 is 5.97 Å². The van der Waals surface area contributed by atoms with Crippen LogP contribution < -0.4 is 4.89 Å². The van der Waals surface area contributed by atoms with Crippen molar-refractivity contribution >= 4 is 13.8 Å². The first-order valence-corrected chi connectivity index (χ1v) is 27.4. The molecule has 0 aromatic heterocycles. The zero-order valence-electron chi connectivity index (χ0n) is 40.7. The van der Waals surface area contributed by atoms with Crippen LogP contribution in [0.4, 0.5) is 0 Å². The fraction of sp³-hybridized carbons (Fsp3) is 0.941. The van der Waals surface area contributed by atoms with Crippen molar-refractivity contribution < 1.29 is 37.3 Å². The third-order valence-electron chi connectivity index (χ3n) is 11.7. The van der Waals surface area contributed by atoms with Crippen LogP contribution in [0.25, 0.3) is 0 Å². The molecule has 0 radical (unpaired) electrons. The van der Waals surface area contributed by atoms with E-state index < -0.39 is 13.9 Å². The highest BCUT2D eigenvalue weighted by Gasteiger charge is 2.20. The Labute approximate surface area is 373 Å². The van der Waals surface area contributed by atoms with E-state index in [9.17, 15) is 14.3 Å². The molecule has 0 saturated carbocycles. The Bertz CT molecular complexity index is 972. The summed E-state index contributed by atoms with van der Waals surface area (Å²) >= 11 is 0. The summed E-state index contributed by atoms with van der Waals surface area (Å²) in [4.78, 5) is 25.1. The van der Waals surface area contributed by atoms with Crippen LogP contribution in [-0.2, 0) is 27.9 Å². The summed E-state index contributed by atoms with van der Waals surface area (Å²) in [5.41, 5.74) is 0. The van der Waals surface area contributed by atoms with Gasteiger partial charge in [-0.15, -0.1) is 0 Å². The van der Waals surface area contributed by atoms with Crippen molar-refractivity contribution in [2.75, 3.05) is 47.5 Å². The lowest BCUT2D eigenvalue weighted by Crippen LogP contribution is -2.37. The van der Waals surface area contributed by atoms with Gasteiger partial charge in [0.15, 0.2) is 6.10 Å². The summed E-state index contributed by atoms with van der Waals surface area (Å²) in [5, 5.41) is 0. The second kappa shape index (κ2) is 44.7. The number of ether oxygens (including phenoxy) is 2. The van der Waals surface area contributed by atoms with Gasteiger partial charge in [-0.05, 0) is 25.3 Å². The van der Waals surface area contributed by atoms with Crippen molar-refractivity contribution in [2.45, 2.75) is 264 Å². The van der Waals surface area contributed by atoms with Crippen molar-refractivity contribution in [3.05, 3.63) is 12.3 Å². The van der Waals surface area contributed by atoms with E-state index in [2.05, 4.69) is 13.8 Å². The summed E-state index contributed by atoms with van der Waals surface area (Å²) in [6.45, 7) is 4.79. The highest BCUT2D eigenvalue weighted by molar-refractivity contribution is 7.45.